The van der Waals surface area contributed by atoms with E-state index in [9.17, 15) is 9.59 Å². The van der Waals surface area contributed by atoms with Gasteiger partial charge >= 0.3 is 0 Å². The molecule has 1 aliphatic heterocycles. The zero-order chi connectivity index (χ0) is 22.8. The van der Waals surface area contributed by atoms with Crippen molar-refractivity contribution in [1.82, 2.24) is 9.78 Å². The summed E-state index contributed by atoms with van der Waals surface area (Å²) in [6.07, 6.45) is 1.98. The molecule has 0 spiro atoms. The van der Waals surface area contributed by atoms with Gasteiger partial charge in [-0.25, -0.2) is 4.68 Å². The Balaban J connectivity index is 1.41. The van der Waals surface area contributed by atoms with Crippen molar-refractivity contribution in [3.8, 4) is 22.7 Å². The van der Waals surface area contributed by atoms with Crippen molar-refractivity contribution in [1.29, 1.82) is 0 Å². The predicted octanol–water partition coefficient (Wildman–Crippen LogP) is 4.70. The summed E-state index contributed by atoms with van der Waals surface area (Å²) in [5.74, 6) is 0.134. The van der Waals surface area contributed by atoms with Gasteiger partial charge < -0.3 is 15.4 Å². The number of benzene rings is 3. The maximum absolute atomic E-state index is 12.9. The number of hydrogen-bond donors (Lipinski definition) is 2. The van der Waals surface area contributed by atoms with Crippen molar-refractivity contribution in [2.45, 2.75) is 6.42 Å². The van der Waals surface area contributed by atoms with E-state index >= 15 is 0 Å². The van der Waals surface area contributed by atoms with E-state index in [0.717, 1.165) is 16.8 Å². The Labute approximate surface area is 195 Å². The van der Waals surface area contributed by atoms with Crippen LogP contribution in [0.25, 0.3) is 16.9 Å². The lowest BCUT2D eigenvalue weighted by Crippen LogP contribution is -2.25. The van der Waals surface area contributed by atoms with Gasteiger partial charge in [-0.2, -0.15) is 5.10 Å². The second kappa shape index (κ2) is 8.80. The lowest BCUT2D eigenvalue weighted by atomic mass is 10.1. The maximum atomic E-state index is 12.9. The summed E-state index contributed by atoms with van der Waals surface area (Å²) in [6, 6.07) is 22.2. The number of fused-ring (bicyclic) bond motifs is 1. The van der Waals surface area contributed by atoms with Crippen LogP contribution < -0.4 is 15.4 Å². The van der Waals surface area contributed by atoms with E-state index in [4.69, 9.17) is 21.4 Å². The van der Waals surface area contributed by atoms with Gasteiger partial charge in [0.25, 0.3) is 5.91 Å². The minimum atomic E-state index is -0.230. The van der Waals surface area contributed by atoms with Crippen LogP contribution in [0.15, 0.2) is 79.0 Å². The molecule has 0 fully saturated rings. The predicted molar refractivity (Wildman–Crippen MR) is 127 cm³/mol. The number of carbonyl (C=O) groups excluding carboxylic acids is 2. The molecule has 4 aromatic rings. The van der Waals surface area contributed by atoms with Crippen LogP contribution in [-0.4, -0.2) is 28.2 Å². The van der Waals surface area contributed by atoms with E-state index < -0.39 is 0 Å². The maximum Gasteiger partial charge on any atom is 0.262 e. The van der Waals surface area contributed by atoms with E-state index in [-0.39, 0.29) is 24.8 Å². The third-order valence-corrected chi connectivity index (χ3v) is 5.43. The van der Waals surface area contributed by atoms with Crippen molar-refractivity contribution in [3.63, 3.8) is 0 Å². The van der Waals surface area contributed by atoms with Crippen LogP contribution >= 0.6 is 11.6 Å². The van der Waals surface area contributed by atoms with E-state index in [1.165, 1.54) is 0 Å². The molecule has 2 N–H and O–H groups in total. The number of aromatic nitrogens is 2. The second-order valence-electron chi connectivity index (χ2n) is 7.56. The minimum Gasteiger partial charge on any atom is -0.482 e. The van der Waals surface area contributed by atoms with E-state index in [1.807, 2.05) is 48.7 Å². The molecule has 0 bridgehead atoms. The number of nitrogens with one attached hydrogen (secondary N) is 2. The van der Waals surface area contributed by atoms with Crippen LogP contribution in [-0.2, 0) is 16.0 Å². The molecule has 5 rings (SSSR count). The molecule has 3 aromatic carbocycles. The topological polar surface area (TPSA) is 85.3 Å². The average molecular weight is 459 g/mol. The van der Waals surface area contributed by atoms with Crippen molar-refractivity contribution < 1.29 is 14.3 Å². The van der Waals surface area contributed by atoms with Gasteiger partial charge in [0.1, 0.15) is 5.75 Å². The molecule has 2 heterocycles. The highest BCUT2D eigenvalue weighted by Gasteiger charge is 2.18. The van der Waals surface area contributed by atoms with E-state index in [2.05, 4.69) is 10.6 Å². The van der Waals surface area contributed by atoms with Gasteiger partial charge in [0.15, 0.2) is 6.61 Å². The molecule has 0 saturated heterocycles. The number of para-hydroxylation sites is 1. The zero-order valence-corrected chi connectivity index (χ0v) is 18.2. The average Bonchev–Trinajstić information content (AvgIpc) is 3.23. The van der Waals surface area contributed by atoms with E-state index in [0.29, 0.717) is 27.8 Å². The number of nitrogens with zero attached hydrogens (tertiary/aromatic N) is 2. The second-order valence-corrected chi connectivity index (χ2v) is 8.00. The molecule has 0 radical (unpaired) electrons. The van der Waals surface area contributed by atoms with Crippen molar-refractivity contribution in [2.24, 2.45) is 0 Å². The summed E-state index contributed by atoms with van der Waals surface area (Å²) in [4.78, 5) is 24.5. The van der Waals surface area contributed by atoms with Crippen LogP contribution in [0, 0.1) is 0 Å². The monoisotopic (exact) mass is 458 g/mol. The first kappa shape index (κ1) is 20.8. The quantitative estimate of drug-likeness (QED) is 0.453. The van der Waals surface area contributed by atoms with Gasteiger partial charge in [0.2, 0.25) is 5.91 Å². The van der Waals surface area contributed by atoms with Crippen LogP contribution in [0.5, 0.6) is 5.75 Å². The first-order chi connectivity index (χ1) is 16.0. The Bertz CT molecular complexity index is 1330. The minimum absolute atomic E-state index is 0.0163. The fraction of sp³-hybridized carbons (Fsp3) is 0.0800. The molecule has 1 aromatic heterocycles. The number of ether oxygens (including phenoxy) is 1. The largest absolute Gasteiger partial charge is 0.482 e. The SMILES string of the molecule is O=C(Cc1cn(-c2ccccc2)nc1-c1ccc(Cl)cc1)Nc1ccc2c(c1)NC(=O)CO2. The molecule has 1 aliphatic rings. The zero-order valence-electron chi connectivity index (χ0n) is 17.4. The summed E-state index contributed by atoms with van der Waals surface area (Å²) < 4.78 is 7.13. The van der Waals surface area contributed by atoms with Gasteiger partial charge in [-0.15, -0.1) is 0 Å². The Morgan fingerprint density at radius 3 is 2.67 bits per heavy atom. The first-order valence-corrected chi connectivity index (χ1v) is 10.7. The summed E-state index contributed by atoms with van der Waals surface area (Å²) in [6.45, 7) is -0.0163. The smallest absolute Gasteiger partial charge is 0.262 e. The van der Waals surface area contributed by atoms with Crippen LogP contribution in [0.1, 0.15) is 5.56 Å². The van der Waals surface area contributed by atoms with Crippen molar-refractivity contribution in [2.75, 3.05) is 17.2 Å². The van der Waals surface area contributed by atoms with Crippen LogP contribution in [0.3, 0.4) is 0 Å². The molecule has 0 atom stereocenters. The summed E-state index contributed by atoms with van der Waals surface area (Å²) in [7, 11) is 0. The summed E-state index contributed by atoms with van der Waals surface area (Å²) >= 11 is 6.05. The third kappa shape index (κ3) is 4.58. The highest BCUT2D eigenvalue weighted by Crippen LogP contribution is 2.31. The molecule has 2 amide bonds. The summed E-state index contributed by atoms with van der Waals surface area (Å²) in [5, 5.41) is 11.0. The van der Waals surface area contributed by atoms with Crippen molar-refractivity contribution in [3.05, 3.63) is 89.6 Å². The van der Waals surface area contributed by atoms with Gasteiger partial charge in [-0.05, 0) is 42.5 Å². The van der Waals surface area contributed by atoms with Gasteiger partial charge in [0.05, 0.1) is 23.5 Å². The molecule has 7 nitrogen and oxygen atoms in total. The molecule has 164 valence electrons. The highest BCUT2D eigenvalue weighted by atomic mass is 35.5. The fourth-order valence-corrected chi connectivity index (χ4v) is 3.77. The molecule has 8 heteroatoms. The van der Waals surface area contributed by atoms with Crippen molar-refractivity contribution >= 4 is 34.8 Å². The molecular weight excluding hydrogens is 440 g/mol. The lowest BCUT2D eigenvalue weighted by Gasteiger charge is -2.18. The number of amides is 2. The van der Waals surface area contributed by atoms with Crippen LogP contribution in [0.4, 0.5) is 11.4 Å². The molecular formula is C25H19ClN4O3. The first-order valence-electron chi connectivity index (χ1n) is 10.3. The number of hydrogen-bond acceptors (Lipinski definition) is 4. The number of anilines is 2. The Hall–Kier alpha value is -4.10. The Kier molecular flexibility index (Phi) is 5.54. The number of rotatable bonds is 5. The highest BCUT2D eigenvalue weighted by molar-refractivity contribution is 6.30. The van der Waals surface area contributed by atoms with Crippen LogP contribution in [0.2, 0.25) is 5.02 Å². The van der Waals surface area contributed by atoms with Gasteiger partial charge in [-0.3, -0.25) is 9.59 Å². The Morgan fingerprint density at radius 2 is 1.88 bits per heavy atom. The molecule has 0 saturated carbocycles. The normalized spacial score (nSPS) is 12.5. The van der Waals surface area contributed by atoms with Gasteiger partial charge in [0, 0.05) is 28.0 Å². The molecule has 33 heavy (non-hydrogen) atoms. The molecule has 0 aliphatic carbocycles. The lowest BCUT2D eigenvalue weighted by molar-refractivity contribution is -0.118. The van der Waals surface area contributed by atoms with Gasteiger partial charge in [-0.1, -0.05) is 41.9 Å². The third-order valence-electron chi connectivity index (χ3n) is 5.18. The molecule has 0 unspecified atom stereocenters. The standard InChI is InChI=1S/C25H19ClN4O3/c26-18-8-6-16(7-9-18)25-17(14-30(29-25)20-4-2-1-3-5-20)12-23(31)27-19-10-11-22-21(13-19)28-24(32)15-33-22/h1-11,13-14H,12,15H2,(H,27,31)(H,28,32). The number of carbonyl (C=O) groups is 2. The number of halogens is 1. The Morgan fingerprint density at radius 1 is 1.09 bits per heavy atom. The summed E-state index contributed by atoms with van der Waals surface area (Å²) in [5.41, 5.74) is 4.33. The van der Waals surface area contributed by atoms with E-state index in [1.54, 1.807) is 35.0 Å². The fourth-order valence-electron chi connectivity index (χ4n) is 3.64.